The quantitative estimate of drug-likeness (QED) is 0.910. The van der Waals surface area contributed by atoms with Crippen LogP contribution in [0.25, 0.3) is 10.8 Å². The van der Waals surface area contributed by atoms with Crippen LogP contribution in [-0.2, 0) is 4.79 Å². The lowest BCUT2D eigenvalue weighted by molar-refractivity contribution is -0.122. The SMILES string of the molecule is NCC1CCCCC1C(=O)Nc1cccc2cnccc12. The molecule has 1 aromatic heterocycles. The van der Waals surface area contributed by atoms with Gasteiger partial charge >= 0.3 is 0 Å². The number of carbonyl (C=O) groups is 1. The smallest absolute Gasteiger partial charge is 0.227 e. The fourth-order valence-electron chi connectivity index (χ4n) is 3.29. The van der Waals surface area contributed by atoms with E-state index < -0.39 is 0 Å². The summed E-state index contributed by atoms with van der Waals surface area (Å²) in [7, 11) is 0. The van der Waals surface area contributed by atoms with Crippen molar-refractivity contribution in [2.24, 2.45) is 17.6 Å². The largest absolute Gasteiger partial charge is 0.330 e. The van der Waals surface area contributed by atoms with Crippen LogP contribution in [0.15, 0.2) is 36.7 Å². The second kappa shape index (κ2) is 6.22. The van der Waals surface area contributed by atoms with Crippen LogP contribution >= 0.6 is 0 Å². The number of carbonyl (C=O) groups excluding carboxylic acids is 1. The van der Waals surface area contributed by atoms with Crippen LogP contribution in [0.2, 0.25) is 0 Å². The van der Waals surface area contributed by atoms with Gasteiger partial charge in [0, 0.05) is 34.8 Å². The maximum Gasteiger partial charge on any atom is 0.227 e. The van der Waals surface area contributed by atoms with Gasteiger partial charge in [-0.3, -0.25) is 9.78 Å². The van der Waals surface area contributed by atoms with Crippen molar-refractivity contribution in [2.75, 3.05) is 11.9 Å². The van der Waals surface area contributed by atoms with Gasteiger partial charge in [-0.15, -0.1) is 0 Å². The van der Waals surface area contributed by atoms with Gasteiger partial charge in [-0.1, -0.05) is 25.0 Å². The van der Waals surface area contributed by atoms with Crippen molar-refractivity contribution in [2.45, 2.75) is 25.7 Å². The molecule has 3 N–H and O–H groups in total. The highest BCUT2D eigenvalue weighted by atomic mass is 16.1. The Morgan fingerprint density at radius 3 is 3.00 bits per heavy atom. The normalized spacial score (nSPS) is 22.1. The van der Waals surface area contributed by atoms with Gasteiger partial charge in [0.25, 0.3) is 0 Å². The Balaban J connectivity index is 1.83. The molecule has 110 valence electrons. The summed E-state index contributed by atoms with van der Waals surface area (Å²) in [6.07, 6.45) is 7.88. The zero-order valence-electron chi connectivity index (χ0n) is 12.1. The summed E-state index contributed by atoms with van der Waals surface area (Å²) in [5.74, 6) is 0.464. The van der Waals surface area contributed by atoms with Gasteiger partial charge in [-0.2, -0.15) is 0 Å². The van der Waals surface area contributed by atoms with Gasteiger partial charge in [0.1, 0.15) is 0 Å². The van der Waals surface area contributed by atoms with Crippen LogP contribution in [0.3, 0.4) is 0 Å². The first-order valence-electron chi connectivity index (χ1n) is 7.63. The van der Waals surface area contributed by atoms with Crippen LogP contribution in [0.5, 0.6) is 0 Å². The van der Waals surface area contributed by atoms with Crippen LogP contribution < -0.4 is 11.1 Å². The summed E-state index contributed by atoms with van der Waals surface area (Å²) in [5, 5.41) is 5.16. The van der Waals surface area contributed by atoms with E-state index in [1.165, 1.54) is 6.42 Å². The maximum atomic E-state index is 12.6. The predicted octanol–water partition coefficient (Wildman–Crippen LogP) is 2.94. The summed E-state index contributed by atoms with van der Waals surface area (Å²) in [5.41, 5.74) is 6.69. The number of hydrogen-bond acceptors (Lipinski definition) is 3. The monoisotopic (exact) mass is 283 g/mol. The molecule has 1 amide bonds. The minimum absolute atomic E-state index is 0.0424. The van der Waals surface area contributed by atoms with Crippen molar-refractivity contribution in [3.63, 3.8) is 0 Å². The van der Waals surface area contributed by atoms with Crippen LogP contribution in [-0.4, -0.2) is 17.4 Å². The van der Waals surface area contributed by atoms with E-state index in [4.69, 9.17) is 5.73 Å². The van der Waals surface area contributed by atoms with Crippen LogP contribution in [0.4, 0.5) is 5.69 Å². The Bertz CT molecular complexity index is 635. The molecule has 2 aromatic rings. The number of nitrogens with two attached hydrogens (primary N) is 1. The topological polar surface area (TPSA) is 68.0 Å². The molecule has 0 saturated heterocycles. The first-order valence-corrected chi connectivity index (χ1v) is 7.63. The van der Waals surface area contributed by atoms with Gasteiger partial charge < -0.3 is 11.1 Å². The van der Waals surface area contributed by atoms with Gasteiger partial charge in [0.15, 0.2) is 0 Å². The molecule has 2 unspecified atom stereocenters. The van der Waals surface area contributed by atoms with Crippen molar-refractivity contribution >= 4 is 22.4 Å². The van der Waals surface area contributed by atoms with E-state index >= 15 is 0 Å². The van der Waals surface area contributed by atoms with E-state index in [0.717, 1.165) is 35.7 Å². The molecular formula is C17H21N3O. The third-order valence-corrected chi connectivity index (χ3v) is 4.49. The lowest BCUT2D eigenvalue weighted by Gasteiger charge is -2.29. The lowest BCUT2D eigenvalue weighted by Crippen LogP contribution is -2.35. The number of fused-ring (bicyclic) bond motifs is 1. The highest BCUT2D eigenvalue weighted by molar-refractivity contribution is 6.02. The molecule has 1 aliphatic rings. The Morgan fingerprint density at radius 2 is 2.14 bits per heavy atom. The van der Waals surface area contributed by atoms with Crippen LogP contribution in [0, 0.1) is 11.8 Å². The standard InChI is InChI=1S/C17H21N3O/c18-10-12-4-1-2-6-15(12)17(21)20-16-7-3-5-13-11-19-9-8-14(13)16/h3,5,7-9,11-12,15H,1-2,4,6,10,18H2,(H,20,21). The highest BCUT2D eigenvalue weighted by Gasteiger charge is 2.30. The van der Waals surface area contributed by atoms with E-state index in [1.54, 1.807) is 6.20 Å². The van der Waals surface area contributed by atoms with E-state index in [1.807, 2.05) is 30.5 Å². The predicted molar refractivity (Wildman–Crippen MR) is 84.9 cm³/mol. The summed E-state index contributed by atoms with van der Waals surface area (Å²) < 4.78 is 0. The Hall–Kier alpha value is -1.94. The minimum atomic E-state index is 0.0424. The first-order chi connectivity index (χ1) is 10.3. The Kier molecular flexibility index (Phi) is 4.15. The zero-order chi connectivity index (χ0) is 14.7. The van der Waals surface area contributed by atoms with E-state index in [2.05, 4.69) is 10.3 Å². The molecule has 1 fully saturated rings. The van der Waals surface area contributed by atoms with E-state index in [0.29, 0.717) is 12.5 Å². The van der Waals surface area contributed by atoms with Gasteiger partial charge in [-0.05, 0) is 37.4 Å². The van der Waals surface area contributed by atoms with Crippen molar-refractivity contribution in [1.82, 2.24) is 4.98 Å². The van der Waals surface area contributed by atoms with Gasteiger partial charge in [0.2, 0.25) is 5.91 Å². The second-order valence-electron chi connectivity index (χ2n) is 5.78. The number of amides is 1. The number of benzene rings is 1. The molecule has 0 bridgehead atoms. The fraction of sp³-hybridized carbons (Fsp3) is 0.412. The third kappa shape index (κ3) is 2.90. The second-order valence-corrected chi connectivity index (χ2v) is 5.78. The minimum Gasteiger partial charge on any atom is -0.330 e. The van der Waals surface area contributed by atoms with Crippen LogP contribution in [0.1, 0.15) is 25.7 Å². The maximum absolute atomic E-state index is 12.6. The number of anilines is 1. The molecule has 1 saturated carbocycles. The molecule has 3 rings (SSSR count). The molecule has 0 aliphatic heterocycles. The first kappa shape index (κ1) is 14.0. The number of nitrogens with one attached hydrogen (secondary N) is 1. The lowest BCUT2D eigenvalue weighted by atomic mass is 9.78. The number of rotatable bonds is 3. The number of pyridine rings is 1. The molecule has 1 heterocycles. The molecule has 2 atom stereocenters. The average molecular weight is 283 g/mol. The third-order valence-electron chi connectivity index (χ3n) is 4.49. The van der Waals surface area contributed by atoms with Crippen molar-refractivity contribution in [1.29, 1.82) is 0 Å². The van der Waals surface area contributed by atoms with Crippen molar-refractivity contribution in [3.05, 3.63) is 36.7 Å². The summed E-state index contributed by atoms with van der Waals surface area (Å²) in [6, 6.07) is 7.83. The molecule has 0 radical (unpaired) electrons. The Labute approximate surface area is 124 Å². The molecule has 21 heavy (non-hydrogen) atoms. The molecule has 4 nitrogen and oxygen atoms in total. The summed E-state index contributed by atoms with van der Waals surface area (Å²) in [4.78, 5) is 16.7. The van der Waals surface area contributed by atoms with Crippen molar-refractivity contribution < 1.29 is 4.79 Å². The van der Waals surface area contributed by atoms with E-state index in [9.17, 15) is 4.79 Å². The van der Waals surface area contributed by atoms with Gasteiger partial charge in [0.05, 0.1) is 0 Å². The van der Waals surface area contributed by atoms with Crippen molar-refractivity contribution in [3.8, 4) is 0 Å². The van der Waals surface area contributed by atoms with Gasteiger partial charge in [-0.25, -0.2) is 0 Å². The molecule has 1 aliphatic carbocycles. The molecule has 1 aromatic carbocycles. The Morgan fingerprint density at radius 1 is 1.29 bits per heavy atom. The summed E-state index contributed by atoms with van der Waals surface area (Å²) in [6.45, 7) is 0.595. The fourth-order valence-corrected chi connectivity index (χ4v) is 3.29. The molecule has 4 heteroatoms. The number of nitrogens with zero attached hydrogens (tertiary/aromatic N) is 1. The average Bonchev–Trinajstić information content (AvgIpc) is 2.55. The summed E-state index contributed by atoms with van der Waals surface area (Å²) >= 11 is 0. The molecule has 0 spiro atoms. The van der Waals surface area contributed by atoms with E-state index in [-0.39, 0.29) is 11.8 Å². The molecular weight excluding hydrogens is 262 g/mol. The zero-order valence-corrected chi connectivity index (χ0v) is 12.1. The number of aromatic nitrogens is 1. The number of hydrogen-bond donors (Lipinski definition) is 2. The highest BCUT2D eigenvalue weighted by Crippen LogP contribution is 2.31.